The Hall–Kier alpha value is -2.01. The maximum atomic E-state index is 5.81. The summed E-state index contributed by atoms with van der Waals surface area (Å²) in [6.07, 6.45) is 0. The van der Waals surface area contributed by atoms with Gasteiger partial charge in [0.1, 0.15) is 12.4 Å². The molecule has 0 saturated carbocycles. The summed E-state index contributed by atoms with van der Waals surface area (Å²) in [6, 6.07) is 7.89. The molecule has 0 aliphatic rings. The smallest absolute Gasteiger partial charge is 0.189 e. The third-order valence-electron chi connectivity index (χ3n) is 2.76. The second kappa shape index (κ2) is 9.02. The van der Waals surface area contributed by atoms with Gasteiger partial charge in [-0.3, -0.25) is 0 Å². The van der Waals surface area contributed by atoms with Gasteiger partial charge in [0, 0.05) is 18.7 Å². The second-order valence-corrected chi connectivity index (χ2v) is 5.27. The van der Waals surface area contributed by atoms with Crippen LogP contribution < -0.4 is 15.8 Å². The van der Waals surface area contributed by atoms with Crippen molar-refractivity contribution >= 4 is 5.96 Å². The summed E-state index contributed by atoms with van der Waals surface area (Å²) in [5.41, 5.74) is 7.85. The molecule has 5 nitrogen and oxygen atoms in total. The quantitative estimate of drug-likeness (QED) is 0.434. The highest BCUT2D eigenvalue weighted by atomic mass is 16.5. The number of rotatable bonds is 8. The Bertz CT molecular complexity index is 483. The Labute approximate surface area is 127 Å². The van der Waals surface area contributed by atoms with Crippen molar-refractivity contribution in [1.29, 1.82) is 0 Å². The molecule has 0 saturated heterocycles. The van der Waals surface area contributed by atoms with E-state index in [0.717, 1.165) is 23.4 Å². The number of aliphatic imine (C=N–C) groups is 1. The fraction of sp³-hybridized carbons (Fsp3) is 0.438. The number of guanidine groups is 1. The van der Waals surface area contributed by atoms with E-state index in [9.17, 15) is 0 Å². The standard InChI is InChI=1S/C16H26N4O/c1-13(2)11-18-16(17)19-12-14-7-5-6-8-15(14)21-10-9-20(3)4/h5-8H,1,9-12H2,2-4H3,(H3,17,18,19). The van der Waals surface area contributed by atoms with E-state index in [1.54, 1.807) is 0 Å². The van der Waals surface area contributed by atoms with Crippen molar-refractivity contribution in [3.05, 3.63) is 42.0 Å². The normalized spacial score (nSPS) is 11.5. The second-order valence-electron chi connectivity index (χ2n) is 5.27. The summed E-state index contributed by atoms with van der Waals surface area (Å²) in [6.45, 7) is 8.40. The average Bonchev–Trinajstić information content (AvgIpc) is 2.43. The zero-order valence-corrected chi connectivity index (χ0v) is 13.2. The van der Waals surface area contributed by atoms with Crippen molar-refractivity contribution in [1.82, 2.24) is 10.2 Å². The third kappa shape index (κ3) is 7.37. The first-order valence-corrected chi connectivity index (χ1v) is 7.02. The van der Waals surface area contributed by atoms with Gasteiger partial charge in [-0.15, -0.1) is 0 Å². The maximum Gasteiger partial charge on any atom is 0.189 e. The van der Waals surface area contributed by atoms with E-state index >= 15 is 0 Å². The van der Waals surface area contributed by atoms with Gasteiger partial charge in [-0.25, -0.2) is 4.99 Å². The van der Waals surface area contributed by atoms with Crippen LogP contribution in [0.25, 0.3) is 0 Å². The summed E-state index contributed by atoms with van der Waals surface area (Å²) in [5.74, 6) is 1.27. The van der Waals surface area contributed by atoms with Crippen molar-refractivity contribution in [3.8, 4) is 5.75 Å². The number of benzene rings is 1. The molecule has 0 bridgehead atoms. The molecule has 1 aromatic rings. The molecular weight excluding hydrogens is 264 g/mol. The average molecular weight is 290 g/mol. The van der Waals surface area contributed by atoms with E-state index in [-0.39, 0.29) is 0 Å². The molecule has 0 amide bonds. The largest absolute Gasteiger partial charge is 0.492 e. The molecule has 5 heteroatoms. The number of nitrogens with one attached hydrogen (secondary N) is 1. The first kappa shape index (κ1) is 17.0. The molecule has 0 aromatic heterocycles. The Morgan fingerprint density at radius 2 is 2.10 bits per heavy atom. The van der Waals surface area contributed by atoms with Gasteiger partial charge in [0.15, 0.2) is 5.96 Å². The minimum atomic E-state index is 0.418. The van der Waals surface area contributed by atoms with E-state index in [1.807, 2.05) is 45.3 Å². The van der Waals surface area contributed by atoms with Crippen LogP contribution in [0.4, 0.5) is 0 Å². The van der Waals surface area contributed by atoms with E-state index in [1.165, 1.54) is 0 Å². The van der Waals surface area contributed by atoms with E-state index < -0.39 is 0 Å². The van der Waals surface area contributed by atoms with Gasteiger partial charge in [0.2, 0.25) is 0 Å². The van der Waals surface area contributed by atoms with Gasteiger partial charge in [0.25, 0.3) is 0 Å². The van der Waals surface area contributed by atoms with Crippen LogP contribution in [-0.4, -0.2) is 44.7 Å². The van der Waals surface area contributed by atoms with Crippen LogP contribution >= 0.6 is 0 Å². The molecule has 0 atom stereocenters. The minimum absolute atomic E-state index is 0.418. The zero-order chi connectivity index (χ0) is 15.7. The van der Waals surface area contributed by atoms with Crippen LogP contribution in [0.15, 0.2) is 41.4 Å². The fourth-order valence-corrected chi connectivity index (χ4v) is 1.58. The summed E-state index contributed by atoms with van der Waals surface area (Å²) in [5, 5.41) is 3.01. The summed E-state index contributed by atoms with van der Waals surface area (Å²) >= 11 is 0. The number of hydrogen-bond donors (Lipinski definition) is 2. The lowest BCUT2D eigenvalue weighted by Gasteiger charge is -2.13. The topological polar surface area (TPSA) is 62.9 Å². The first-order valence-electron chi connectivity index (χ1n) is 7.02. The monoisotopic (exact) mass is 290 g/mol. The predicted molar refractivity (Wildman–Crippen MR) is 88.6 cm³/mol. The third-order valence-corrected chi connectivity index (χ3v) is 2.76. The van der Waals surface area contributed by atoms with Crippen LogP contribution in [0.3, 0.4) is 0 Å². The lowest BCUT2D eigenvalue weighted by atomic mass is 10.2. The molecule has 1 aromatic carbocycles. The van der Waals surface area contributed by atoms with Crippen molar-refractivity contribution in [2.75, 3.05) is 33.8 Å². The summed E-state index contributed by atoms with van der Waals surface area (Å²) < 4.78 is 5.79. The van der Waals surface area contributed by atoms with Crippen LogP contribution in [-0.2, 0) is 6.54 Å². The number of nitrogens with two attached hydrogens (primary N) is 1. The highest BCUT2D eigenvalue weighted by Gasteiger charge is 2.03. The van der Waals surface area contributed by atoms with Crippen LogP contribution in [0.2, 0.25) is 0 Å². The van der Waals surface area contributed by atoms with Crippen molar-refractivity contribution in [2.24, 2.45) is 10.7 Å². The molecule has 0 aliphatic carbocycles. The van der Waals surface area contributed by atoms with Crippen molar-refractivity contribution in [3.63, 3.8) is 0 Å². The van der Waals surface area contributed by atoms with E-state index in [2.05, 4.69) is 21.8 Å². The van der Waals surface area contributed by atoms with Gasteiger partial charge < -0.3 is 20.7 Å². The van der Waals surface area contributed by atoms with Gasteiger partial charge >= 0.3 is 0 Å². The Balaban J connectivity index is 2.57. The fourth-order valence-electron chi connectivity index (χ4n) is 1.58. The Morgan fingerprint density at radius 1 is 1.38 bits per heavy atom. The molecule has 0 aliphatic heterocycles. The molecule has 116 valence electrons. The van der Waals surface area contributed by atoms with Gasteiger partial charge in [-0.05, 0) is 27.1 Å². The maximum absolute atomic E-state index is 5.81. The number of likely N-dealkylation sites (N-methyl/N-ethyl adjacent to an activating group) is 1. The predicted octanol–water partition coefficient (Wildman–Crippen LogP) is 1.61. The van der Waals surface area contributed by atoms with E-state index in [4.69, 9.17) is 10.5 Å². The summed E-state index contributed by atoms with van der Waals surface area (Å²) in [7, 11) is 4.04. The number of ether oxygens (including phenoxy) is 1. The number of nitrogens with zero attached hydrogens (tertiary/aromatic N) is 2. The van der Waals surface area contributed by atoms with E-state index in [0.29, 0.717) is 25.7 Å². The Morgan fingerprint density at radius 3 is 2.76 bits per heavy atom. The van der Waals surface area contributed by atoms with Crippen LogP contribution in [0.1, 0.15) is 12.5 Å². The summed E-state index contributed by atoms with van der Waals surface area (Å²) in [4.78, 5) is 6.41. The molecule has 3 N–H and O–H groups in total. The lowest BCUT2D eigenvalue weighted by Crippen LogP contribution is -2.32. The van der Waals surface area contributed by atoms with Crippen LogP contribution in [0, 0.1) is 0 Å². The molecule has 0 heterocycles. The molecule has 0 radical (unpaired) electrons. The lowest BCUT2D eigenvalue weighted by molar-refractivity contribution is 0.259. The van der Waals surface area contributed by atoms with Gasteiger partial charge in [-0.2, -0.15) is 0 Å². The molecular formula is C16H26N4O. The van der Waals surface area contributed by atoms with Gasteiger partial charge in [-0.1, -0.05) is 30.4 Å². The van der Waals surface area contributed by atoms with Gasteiger partial charge in [0.05, 0.1) is 6.54 Å². The molecule has 0 fully saturated rings. The minimum Gasteiger partial charge on any atom is -0.492 e. The van der Waals surface area contributed by atoms with Crippen molar-refractivity contribution in [2.45, 2.75) is 13.5 Å². The number of para-hydroxylation sites is 1. The molecule has 1 rings (SSSR count). The molecule has 0 spiro atoms. The van der Waals surface area contributed by atoms with Crippen LogP contribution in [0.5, 0.6) is 5.75 Å². The number of hydrogen-bond acceptors (Lipinski definition) is 3. The molecule has 21 heavy (non-hydrogen) atoms. The highest BCUT2D eigenvalue weighted by Crippen LogP contribution is 2.18. The Kier molecular flexibility index (Phi) is 7.32. The SMILES string of the molecule is C=C(C)CNC(N)=NCc1ccccc1OCCN(C)C. The van der Waals surface area contributed by atoms with Crippen molar-refractivity contribution < 1.29 is 4.74 Å². The zero-order valence-electron chi connectivity index (χ0n) is 13.2. The molecule has 0 unspecified atom stereocenters. The highest BCUT2D eigenvalue weighted by molar-refractivity contribution is 5.78. The first-order chi connectivity index (χ1) is 9.99.